The van der Waals surface area contributed by atoms with E-state index in [4.69, 9.17) is 14.5 Å². The number of rotatable bonds is 8. The van der Waals surface area contributed by atoms with Crippen molar-refractivity contribution in [1.29, 1.82) is 0 Å². The van der Waals surface area contributed by atoms with E-state index < -0.39 is 16.9 Å². The first-order chi connectivity index (χ1) is 17.8. The van der Waals surface area contributed by atoms with Crippen molar-refractivity contribution in [1.82, 2.24) is 4.57 Å². The largest absolute Gasteiger partial charge is 0.496 e. The lowest BCUT2D eigenvalue weighted by atomic mass is 9.93. The Morgan fingerprint density at radius 1 is 1.24 bits per heavy atom. The van der Waals surface area contributed by atoms with E-state index in [0.29, 0.717) is 43.9 Å². The Hall–Kier alpha value is -3.57. The second-order valence-corrected chi connectivity index (χ2v) is 10.1. The number of hydrogen-bond acceptors (Lipinski definition) is 8. The van der Waals surface area contributed by atoms with Crippen LogP contribution in [-0.4, -0.2) is 29.2 Å². The average Bonchev–Trinajstić information content (AvgIpc) is 3.18. The molecule has 0 spiro atoms. The molecule has 9 nitrogen and oxygen atoms in total. The van der Waals surface area contributed by atoms with Crippen molar-refractivity contribution in [3.8, 4) is 5.75 Å². The topological polar surface area (TPSA) is 113 Å². The highest BCUT2D eigenvalue weighted by atomic mass is 79.9. The quantitative estimate of drug-likeness (QED) is 0.222. The first-order valence-corrected chi connectivity index (χ1v) is 13.2. The highest BCUT2D eigenvalue weighted by Gasteiger charge is 2.36. The number of nitrogens with zero attached hydrogens (tertiary/aromatic N) is 3. The molecule has 192 valence electrons. The molecule has 11 heteroatoms. The van der Waals surface area contributed by atoms with Crippen molar-refractivity contribution >= 4 is 45.0 Å². The van der Waals surface area contributed by atoms with Crippen LogP contribution >= 0.6 is 27.3 Å². The predicted octanol–water partition coefficient (Wildman–Crippen LogP) is 4.26. The SMILES string of the molecule is CCCC1=C(C(=O)OCC)[C@@H](c2cc(Br)ccc2OC)n2c(s/c(=C/c3ccc([N+](=O)[O-])cc3)c2=O)=N1. The number of methoxy groups -OCH3 is 1. The Morgan fingerprint density at radius 2 is 1.97 bits per heavy atom. The number of hydrogen-bond donors (Lipinski definition) is 0. The molecule has 3 aromatic rings. The Morgan fingerprint density at radius 3 is 2.59 bits per heavy atom. The van der Waals surface area contributed by atoms with Crippen molar-refractivity contribution in [3.05, 3.63) is 99.1 Å². The number of benzene rings is 2. The van der Waals surface area contributed by atoms with E-state index in [2.05, 4.69) is 15.9 Å². The van der Waals surface area contributed by atoms with Crippen LogP contribution in [0.15, 0.2) is 68.0 Å². The van der Waals surface area contributed by atoms with E-state index in [0.717, 1.165) is 10.9 Å². The zero-order valence-electron chi connectivity index (χ0n) is 20.4. The first-order valence-electron chi connectivity index (χ1n) is 11.6. The summed E-state index contributed by atoms with van der Waals surface area (Å²) in [6.45, 7) is 3.89. The lowest BCUT2D eigenvalue weighted by Gasteiger charge is -2.27. The fourth-order valence-corrected chi connectivity index (χ4v) is 5.58. The molecule has 2 aromatic carbocycles. The maximum absolute atomic E-state index is 13.8. The van der Waals surface area contributed by atoms with E-state index in [9.17, 15) is 19.7 Å². The van der Waals surface area contributed by atoms with Gasteiger partial charge in [-0.1, -0.05) is 40.6 Å². The van der Waals surface area contributed by atoms with Crippen LogP contribution < -0.4 is 19.6 Å². The summed E-state index contributed by atoms with van der Waals surface area (Å²) in [7, 11) is 1.53. The summed E-state index contributed by atoms with van der Waals surface area (Å²) in [5.74, 6) is -0.0240. The molecule has 0 aliphatic carbocycles. The standard InChI is InChI=1S/C26H24BrN3O6S/c1-4-6-19-22(25(32)36-5-2)23(18-14-16(27)9-12-20(18)35-3)29-24(31)21(37-26(29)28-19)13-15-7-10-17(11-8-15)30(33)34/h7-14,23H,4-6H2,1-3H3/b21-13+/t23-/m1/s1. The highest BCUT2D eigenvalue weighted by Crippen LogP contribution is 2.38. The number of fused-ring (bicyclic) bond motifs is 1. The Bertz CT molecular complexity index is 1570. The number of carbonyl (C=O) groups is 1. The molecule has 4 rings (SSSR count). The number of thiazole rings is 1. The molecule has 0 amide bonds. The van der Waals surface area contributed by atoms with E-state index in [1.54, 1.807) is 31.2 Å². The summed E-state index contributed by atoms with van der Waals surface area (Å²) in [6.07, 6.45) is 2.92. The van der Waals surface area contributed by atoms with E-state index >= 15 is 0 Å². The van der Waals surface area contributed by atoms with Gasteiger partial charge in [0.1, 0.15) is 11.8 Å². The number of carbonyl (C=O) groups excluding carboxylic acids is 1. The number of nitro benzene ring substituents is 1. The molecule has 0 N–H and O–H groups in total. The van der Waals surface area contributed by atoms with Crippen molar-refractivity contribution in [2.24, 2.45) is 4.99 Å². The highest BCUT2D eigenvalue weighted by molar-refractivity contribution is 9.10. The Kier molecular flexibility index (Phi) is 8.03. The number of nitro groups is 1. The van der Waals surface area contributed by atoms with Gasteiger partial charge < -0.3 is 9.47 Å². The minimum absolute atomic E-state index is 0.0383. The lowest BCUT2D eigenvalue weighted by molar-refractivity contribution is -0.384. The van der Waals surface area contributed by atoms with Gasteiger partial charge in [-0.25, -0.2) is 9.79 Å². The van der Waals surface area contributed by atoms with Crippen LogP contribution in [0.1, 0.15) is 43.9 Å². The zero-order chi connectivity index (χ0) is 26.7. The molecule has 0 saturated carbocycles. The van der Waals surface area contributed by atoms with Gasteiger partial charge in [0.25, 0.3) is 11.2 Å². The number of allylic oxidation sites excluding steroid dienone is 1. The fourth-order valence-electron chi connectivity index (χ4n) is 4.18. The third-order valence-electron chi connectivity index (χ3n) is 5.78. The second-order valence-electron chi connectivity index (χ2n) is 8.15. The van der Waals surface area contributed by atoms with Gasteiger partial charge >= 0.3 is 5.97 Å². The van der Waals surface area contributed by atoms with E-state index in [-0.39, 0.29) is 17.9 Å². The van der Waals surface area contributed by atoms with Gasteiger partial charge in [0.2, 0.25) is 0 Å². The molecule has 0 radical (unpaired) electrons. The van der Waals surface area contributed by atoms with Crippen LogP contribution in [0.3, 0.4) is 0 Å². The number of aromatic nitrogens is 1. The third kappa shape index (κ3) is 5.28. The van der Waals surface area contributed by atoms with Crippen LogP contribution in [0.2, 0.25) is 0 Å². The van der Waals surface area contributed by atoms with Gasteiger partial charge in [0, 0.05) is 22.2 Å². The normalized spacial score (nSPS) is 15.2. The molecule has 37 heavy (non-hydrogen) atoms. The molecule has 0 unspecified atom stereocenters. The maximum atomic E-state index is 13.8. The van der Waals surface area contributed by atoms with Gasteiger partial charge in [-0.2, -0.15) is 0 Å². The number of halogens is 1. The molecule has 0 fully saturated rings. The van der Waals surface area contributed by atoms with Crippen LogP contribution in [0.5, 0.6) is 5.75 Å². The summed E-state index contributed by atoms with van der Waals surface area (Å²) < 4.78 is 13.7. The third-order valence-corrected chi connectivity index (χ3v) is 7.26. The molecule has 1 aliphatic heterocycles. The van der Waals surface area contributed by atoms with Crippen molar-refractivity contribution in [2.75, 3.05) is 13.7 Å². The average molecular weight is 586 g/mol. The van der Waals surface area contributed by atoms with Crippen molar-refractivity contribution < 1.29 is 19.2 Å². The molecule has 0 bridgehead atoms. The van der Waals surface area contributed by atoms with E-state index in [1.807, 2.05) is 19.1 Å². The zero-order valence-corrected chi connectivity index (χ0v) is 22.8. The minimum Gasteiger partial charge on any atom is -0.496 e. The fraction of sp³-hybridized carbons (Fsp3) is 0.269. The summed E-state index contributed by atoms with van der Waals surface area (Å²) in [6, 6.07) is 10.5. The number of esters is 1. The molecule has 1 aliphatic rings. The van der Waals surface area contributed by atoms with Gasteiger partial charge in [-0.3, -0.25) is 19.5 Å². The lowest BCUT2D eigenvalue weighted by Crippen LogP contribution is -2.40. The van der Waals surface area contributed by atoms with Gasteiger partial charge in [-0.15, -0.1) is 0 Å². The summed E-state index contributed by atoms with van der Waals surface area (Å²) in [5, 5.41) is 11.0. The van der Waals surface area contributed by atoms with Crippen molar-refractivity contribution in [3.63, 3.8) is 0 Å². The van der Waals surface area contributed by atoms with Gasteiger partial charge in [-0.05, 0) is 55.3 Å². The molecular weight excluding hydrogens is 562 g/mol. The van der Waals surface area contributed by atoms with E-state index in [1.165, 1.54) is 35.1 Å². The van der Waals surface area contributed by atoms with Crippen LogP contribution in [-0.2, 0) is 9.53 Å². The van der Waals surface area contributed by atoms with Gasteiger partial charge in [0.05, 0.1) is 34.4 Å². The van der Waals surface area contributed by atoms with Crippen LogP contribution in [0.25, 0.3) is 6.08 Å². The monoisotopic (exact) mass is 585 g/mol. The summed E-state index contributed by atoms with van der Waals surface area (Å²) >= 11 is 4.70. The first kappa shape index (κ1) is 26.5. The molecule has 2 heterocycles. The molecule has 1 atom stereocenters. The maximum Gasteiger partial charge on any atom is 0.338 e. The minimum atomic E-state index is -0.816. The van der Waals surface area contributed by atoms with Crippen LogP contribution in [0, 0.1) is 10.1 Å². The smallest absolute Gasteiger partial charge is 0.338 e. The summed E-state index contributed by atoms with van der Waals surface area (Å²) in [4.78, 5) is 42.8. The Balaban J connectivity index is 2.01. The molecular formula is C26H24BrN3O6S. The molecule has 0 saturated heterocycles. The van der Waals surface area contributed by atoms with Gasteiger partial charge in [0.15, 0.2) is 4.80 Å². The molecule has 1 aromatic heterocycles. The van der Waals surface area contributed by atoms with Crippen molar-refractivity contribution in [2.45, 2.75) is 32.7 Å². The number of non-ortho nitro benzene ring substituents is 1. The predicted molar refractivity (Wildman–Crippen MR) is 143 cm³/mol. The van der Waals surface area contributed by atoms with Crippen LogP contribution in [0.4, 0.5) is 5.69 Å². The summed E-state index contributed by atoms with van der Waals surface area (Å²) in [5.41, 5.74) is 1.73. The second kappa shape index (κ2) is 11.2. The Labute approximate surface area is 224 Å². The number of ether oxygens (including phenoxy) is 2.